The predicted octanol–water partition coefficient (Wildman–Crippen LogP) is 0.727. The van der Waals surface area contributed by atoms with Crippen LogP contribution in [0, 0.1) is 11.3 Å². The quantitative estimate of drug-likeness (QED) is 0.456. The standard InChI is InChI=1S/C7H11NO2.C3H3N/c1-2-7(9)8-3-5-10-6-4-8;1-2-3-4/h2H,1,3-6H2;2H,1H2. The molecule has 0 aromatic rings. The van der Waals surface area contributed by atoms with Gasteiger partial charge in [-0.25, -0.2) is 0 Å². The van der Waals surface area contributed by atoms with E-state index in [0.29, 0.717) is 26.3 Å². The summed E-state index contributed by atoms with van der Waals surface area (Å²) < 4.78 is 5.07. The Morgan fingerprint density at radius 3 is 2.29 bits per heavy atom. The second-order valence-electron chi connectivity index (χ2n) is 2.48. The Morgan fingerprint density at radius 1 is 1.43 bits per heavy atom. The number of carbonyl (C=O) groups is 1. The molecule has 4 heteroatoms. The summed E-state index contributed by atoms with van der Waals surface area (Å²) in [5.74, 6) is 0.00306. The molecule has 1 rings (SSSR count). The van der Waals surface area contributed by atoms with Crippen LogP contribution in [-0.4, -0.2) is 37.1 Å². The number of carbonyl (C=O) groups excluding carboxylic acids is 1. The summed E-state index contributed by atoms with van der Waals surface area (Å²) in [5.41, 5.74) is 0. The second-order valence-corrected chi connectivity index (χ2v) is 2.48. The van der Waals surface area contributed by atoms with Crippen LogP contribution in [0.2, 0.25) is 0 Å². The lowest BCUT2D eigenvalue weighted by Crippen LogP contribution is -2.39. The lowest BCUT2D eigenvalue weighted by molar-refractivity contribution is -0.129. The number of allylic oxidation sites excluding steroid dienone is 1. The van der Waals surface area contributed by atoms with Gasteiger partial charge in [0.15, 0.2) is 0 Å². The molecule has 0 unspecified atom stereocenters. The van der Waals surface area contributed by atoms with Crippen LogP contribution in [-0.2, 0) is 9.53 Å². The number of rotatable bonds is 1. The second kappa shape index (κ2) is 8.02. The van der Waals surface area contributed by atoms with Gasteiger partial charge >= 0.3 is 0 Å². The fourth-order valence-electron chi connectivity index (χ4n) is 0.913. The molecule has 0 atom stereocenters. The molecular formula is C10H14N2O2. The van der Waals surface area contributed by atoms with Gasteiger partial charge in [-0.15, -0.1) is 0 Å². The Morgan fingerprint density at radius 2 is 1.93 bits per heavy atom. The minimum absolute atomic E-state index is 0.00306. The van der Waals surface area contributed by atoms with Gasteiger partial charge in [0.1, 0.15) is 0 Å². The van der Waals surface area contributed by atoms with Crippen molar-refractivity contribution in [1.29, 1.82) is 5.26 Å². The minimum atomic E-state index is 0.00306. The zero-order chi connectivity index (χ0) is 10.8. The van der Waals surface area contributed by atoms with Gasteiger partial charge in [0, 0.05) is 19.2 Å². The lowest BCUT2D eigenvalue weighted by atomic mass is 10.4. The van der Waals surface area contributed by atoms with Gasteiger partial charge in [0.2, 0.25) is 5.91 Å². The predicted molar refractivity (Wildman–Crippen MR) is 53.4 cm³/mol. The monoisotopic (exact) mass is 194 g/mol. The largest absolute Gasteiger partial charge is 0.378 e. The van der Waals surface area contributed by atoms with Crippen LogP contribution in [0.25, 0.3) is 0 Å². The molecule has 0 radical (unpaired) electrons. The molecule has 0 saturated carbocycles. The zero-order valence-electron chi connectivity index (χ0n) is 8.11. The molecule has 1 amide bonds. The van der Waals surface area contributed by atoms with Crippen LogP contribution >= 0.6 is 0 Å². The molecule has 76 valence electrons. The Hall–Kier alpha value is -1.60. The van der Waals surface area contributed by atoms with E-state index in [0.717, 1.165) is 0 Å². The SMILES string of the molecule is C=CC#N.C=CC(=O)N1CCOCC1. The average molecular weight is 194 g/mol. The van der Waals surface area contributed by atoms with Gasteiger partial charge in [-0.1, -0.05) is 13.2 Å². The molecular weight excluding hydrogens is 180 g/mol. The Balaban J connectivity index is 0.000000364. The molecule has 1 heterocycles. The van der Waals surface area contributed by atoms with Gasteiger partial charge in [-0.2, -0.15) is 5.26 Å². The van der Waals surface area contributed by atoms with E-state index in [4.69, 9.17) is 10.00 Å². The molecule has 1 aliphatic rings. The van der Waals surface area contributed by atoms with E-state index in [9.17, 15) is 4.79 Å². The Bertz CT molecular complexity index is 237. The number of hydrogen-bond acceptors (Lipinski definition) is 3. The number of morpholine rings is 1. The van der Waals surface area contributed by atoms with E-state index in [-0.39, 0.29) is 5.91 Å². The fourth-order valence-corrected chi connectivity index (χ4v) is 0.913. The smallest absolute Gasteiger partial charge is 0.246 e. The van der Waals surface area contributed by atoms with Crippen molar-refractivity contribution in [1.82, 2.24) is 4.90 Å². The van der Waals surface area contributed by atoms with Crippen molar-refractivity contribution < 1.29 is 9.53 Å². The first-order valence-electron chi connectivity index (χ1n) is 4.25. The van der Waals surface area contributed by atoms with E-state index in [1.807, 2.05) is 0 Å². The first kappa shape index (κ1) is 12.4. The summed E-state index contributed by atoms with van der Waals surface area (Å²) in [6.45, 7) is 9.23. The molecule has 0 N–H and O–H groups in total. The summed E-state index contributed by atoms with van der Waals surface area (Å²) in [7, 11) is 0. The van der Waals surface area contributed by atoms with E-state index >= 15 is 0 Å². The number of nitriles is 1. The van der Waals surface area contributed by atoms with Crippen LogP contribution in [0.3, 0.4) is 0 Å². The van der Waals surface area contributed by atoms with Gasteiger partial charge in [-0.3, -0.25) is 4.79 Å². The van der Waals surface area contributed by atoms with E-state index in [1.54, 1.807) is 11.0 Å². The number of amides is 1. The lowest BCUT2D eigenvalue weighted by Gasteiger charge is -2.25. The third-order valence-electron chi connectivity index (χ3n) is 1.59. The summed E-state index contributed by atoms with van der Waals surface area (Å²) in [6, 6.07) is 1.69. The fraction of sp³-hybridized carbons (Fsp3) is 0.400. The van der Waals surface area contributed by atoms with Crippen LogP contribution in [0.5, 0.6) is 0 Å². The molecule has 0 aliphatic carbocycles. The first-order valence-corrected chi connectivity index (χ1v) is 4.25. The highest BCUT2D eigenvalue weighted by atomic mass is 16.5. The highest BCUT2D eigenvalue weighted by Crippen LogP contribution is 1.96. The maximum atomic E-state index is 10.9. The number of hydrogen-bond donors (Lipinski definition) is 0. The highest BCUT2D eigenvalue weighted by molar-refractivity contribution is 5.87. The van der Waals surface area contributed by atoms with Crippen LogP contribution < -0.4 is 0 Å². The third-order valence-corrected chi connectivity index (χ3v) is 1.59. The summed E-state index contributed by atoms with van der Waals surface area (Å²) >= 11 is 0. The van der Waals surface area contributed by atoms with Crippen LogP contribution in [0.4, 0.5) is 0 Å². The van der Waals surface area contributed by atoms with Crippen molar-refractivity contribution in [2.24, 2.45) is 0 Å². The van der Waals surface area contributed by atoms with Gasteiger partial charge in [-0.05, 0) is 6.08 Å². The van der Waals surface area contributed by atoms with Gasteiger partial charge < -0.3 is 9.64 Å². The first-order chi connectivity index (χ1) is 6.76. The molecule has 0 aromatic heterocycles. The third kappa shape index (κ3) is 5.12. The maximum absolute atomic E-state index is 10.9. The van der Waals surface area contributed by atoms with Gasteiger partial charge in [0.05, 0.1) is 19.3 Å². The zero-order valence-corrected chi connectivity index (χ0v) is 8.11. The van der Waals surface area contributed by atoms with Crippen molar-refractivity contribution in [3.05, 3.63) is 25.3 Å². The number of ether oxygens (including phenoxy) is 1. The van der Waals surface area contributed by atoms with Crippen LogP contribution in [0.1, 0.15) is 0 Å². The molecule has 14 heavy (non-hydrogen) atoms. The van der Waals surface area contributed by atoms with Crippen molar-refractivity contribution >= 4 is 5.91 Å². The van der Waals surface area contributed by atoms with E-state index in [2.05, 4.69) is 13.2 Å². The Labute approximate surface area is 84.1 Å². The molecule has 1 saturated heterocycles. The molecule has 1 aliphatic heterocycles. The highest BCUT2D eigenvalue weighted by Gasteiger charge is 2.12. The maximum Gasteiger partial charge on any atom is 0.246 e. The minimum Gasteiger partial charge on any atom is -0.378 e. The molecule has 4 nitrogen and oxygen atoms in total. The van der Waals surface area contributed by atoms with Crippen molar-refractivity contribution in [2.75, 3.05) is 26.3 Å². The topological polar surface area (TPSA) is 53.3 Å². The summed E-state index contributed by atoms with van der Waals surface area (Å²) in [6.07, 6.45) is 2.52. The number of nitrogens with zero attached hydrogens (tertiary/aromatic N) is 2. The normalized spacial score (nSPS) is 14.4. The summed E-state index contributed by atoms with van der Waals surface area (Å²) in [5, 5.41) is 7.51. The van der Waals surface area contributed by atoms with Crippen molar-refractivity contribution in [3.63, 3.8) is 0 Å². The molecule has 0 aromatic carbocycles. The van der Waals surface area contributed by atoms with Gasteiger partial charge in [0.25, 0.3) is 0 Å². The van der Waals surface area contributed by atoms with Crippen molar-refractivity contribution in [2.45, 2.75) is 0 Å². The summed E-state index contributed by atoms with van der Waals surface area (Å²) in [4.78, 5) is 12.7. The van der Waals surface area contributed by atoms with E-state index in [1.165, 1.54) is 12.2 Å². The molecule has 1 fully saturated rings. The molecule has 0 spiro atoms. The van der Waals surface area contributed by atoms with E-state index < -0.39 is 0 Å². The average Bonchev–Trinajstić information content (AvgIpc) is 2.29. The Kier molecular flexibility index (Phi) is 7.10. The molecule has 0 bridgehead atoms. The van der Waals surface area contributed by atoms with Crippen LogP contribution in [0.15, 0.2) is 25.3 Å². The van der Waals surface area contributed by atoms with Crippen molar-refractivity contribution in [3.8, 4) is 6.07 Å².